The molecule has 6 heteroatoms. The SMILES string of the molecule is CN(C)C1CCN(Cc2nc(-c3ccncc3)nn2Cc2ccccc2)C1. The maximum atomic E-state index is 4.88. The molecule has 3 aromatic rings. The Balaban J connectivity index is 1.59. The lowest BCUT2D eigenvalue weighted by Crippen LogP contribution is -2.31. The van der Waals surface area contributed by atoms with Crippen LogP contribution in [0.25, 0.3) is 11.4 Å². The molecule has 1 atom stereocenters. The van der Waals surface area contributed by atoms with Crippen LogP contribution < -0.4 is 0 Å². The van der Waals surface area contributed by atoms with E-state index in [1.54, 1.807) is 12.4 Å². The minimum absolute atomic E-state index is 0.621. The monoisotopic (exact) mass is 362 g/mol. The van der Waals surface area contributed by atoms with Gasteiger partial charge in [-0.25, -0.2) is 9.67 Å². The van der Waals surface area contributed by atoms with E-state index in [1.807, 2.05) is 22.9 Å². The average molecular weight is 362 g/mol. The van der Waals surface area contributed by atoms with Crippen molar-refractivity contribution >= 4 is 0 Å². The number of nitrogens with zero attached hydrogens (tertiary/aromatic N) is 6. The van der Waals surface area contributed by atoms with Crippen LogP contribution in [-0.4, -0.2) is 62.8 Å². The number of benzene rings is 1. The second kappa shape index (κ2) is 7.98. The van der Waals surface area contributed by atoms with Gasteiger partial charge in [-0.15, -0.1) is 0 Å². The number of hydrogen-bond acceptors (Lipinski definition) is 5. The van der Waals surface area contributed by atoms with Crippen LogP contribution in [0, 0.1) is 0 Å². The lowest BCUT2D eigenvalue weighted by Gasteiger charge is -2.20. The Morgan fingerprint density at radius 1 is 1.04 bits per heavy atom. The molecule has 0 bridgehead atoms. The van der Waals surface area contributed by atoms with Gasteiger partial charge in [0.2, 0.25) is 0 Å². The zero-order chi connectivity index (χ0) is 18.6. The highest BCUT2D eigenvalue weighted by Crippen LogP contribution is 2.19. The number of likely N-dealkylation sites (N-methyl/N-ethyl adjacent to an activating group) is 1. The normalized spacial score (nSPS) is 17.7. The number of rotatable bonds is 6. The second-order valence-electron chi connectivity index (χ2n) is 7.37. The molecule has 6 nitrogen and oxygen atoms in total. The molecule has 140 valence electrons. The summed E-state index contributed by atoms with van der Waals surface area (Å²) in [5.41, 5.74) is 2.24. The molecule has 0 spiro atoms. The first-order valence-electron chi connectivity index (χ1n) is 9.46. The topological polar surface area (TPSA) is 50.1 Å². The van der Waals surface area contributed by atoms with Gasteiger partial charge in [0.25, 0.3) is 0 Å². The van der Waals surface area contributed by atoms with E-state index in [9.17, 15) is 0 Å². The summed E-state index contributed by atoms with van der Waals surface area (Å²) >= 11 is 0. The lowest BCUT2D eigenvalue weighted by atomic mass is 10.2. The summed E-state index contributed by atoms with van der Waals surface area (Å²) in [6, 6.07) is 15.0. The summed E-state index contributed by atoms with van der Waals surface area (Å²) in [4.78, 5) is 13.8. The fourth-order valence-electron chi connectivity index (χ4n) is 3.57. The summed E-state index contributed by atoms with van der Waals surface area (Å²) in [7, 11) is 4.32. The summed E-state index contributed by atoms with van der Waals surface area (Å²) < 4.78 is 2.05. The van der Waals surface area contributed by atoms with Crippen molar-refractivity contribution in [2.24, 2.45) is 0 Å². The molecule has 2 aromatic heterocycles. The standard InChI is InChI=1S/C21H26N6/c1-25(2)19-10-13-26(15-19)16-20-23-21(18-8-11-22-12-9-18)24-27(20)14-17-6-4-3-5-7-17/h3-9,11-12,19H,10,13-16H2,1-2H3. The van der Waals surface area contributed by atoms with E-state index in [1.165, 1.54) is 12.0 Å². The molecule has 0 amide bonds. The Morgan fingerprint density at radius 3 is 2.52 bits per heavy atom. The van der Waals surface area contributed by atoms with Crippen molar-refractivity contribution < 1.29 is 0 Å². The molecule has 0 aliphatic carbocycles. The van der Waals surface area contributed by atoms with Gasteiger partial charge >= 0.3 is 0 Å². The molecule has 1 fully saturated rings. The molecule has 4 rings (SSSR count). The van der Waals surface area contributed by atoms with E-state index in [-0.39, 0.29) is 0 Å². The maximum Gasteiger partial charge on any atom is 0.181 e. The third-order valence-corrected chi connectivity index (χ3v) is 5.20. The number of likely N-dealkylation sites (tertiary alicyclic amines) is 1. The van der Waals surface area contributed by atoms with Crippen LogP contribution in [0.4, 0.5) is 0 Å². The number of hydrogen-bond donors (Lipinski definition) is 0. The van der Waals surface area contributed by atoms with Crippen LogP contribution in [0.3, 0.4) is 0 Å². The van der Waals surface area contributed by atoms with Gasteiger partial charge in [0.1, 0.15) is 5.82 Å². The Bertz CT molecular complexity index is 859. The second-order valence-corrected chi connectivity index (χ2v) is 7.37. The molecule has 1 saturated heterocycles. The molecule has 3 heterocycles. The fourth-order valence-corrected chi connectivity index (χ4v) is 3.57. The highest BCUT2D eigenvalue weighted by molar-refractivity contribution is 5.53. The largest absolute Gasteiger partial charge is 0.305 e. The predicted octanol–water partition coefficient (Wildman–Crippen LogP) is 2.52. The third kappa shape index (κ3) is 4.23. The van der Waals surface area contributed by atoms with Crippen LogP contribution in [0.15, 0.2) is 54.9 Å². The van der Waals surface area contributed by atoms with Crippen molar-refractivity contribution in [3.63, 3.8) is 0 Å². The minimum Gasteiger partial charge on any atom is -0.305 e. The first kappa shape index (κ1) is 17.8. The van der Waals surface area contributed by atoms with Crippen molar-refractivity contribution in [3.8, 4) is 11.4 Å². The molecule has 1 aliphatic rings. The van der Waals surface area contributed by atoms with Crippen molar-refractivity contribution in [1.82, 2.24) is 29.5 Å². The first-order chi connectivity index (χ1) is 13.2. The molecule has 1 aromatic carbocycles. The summed E-state index contributed by atoms with van der Waals surface area (Å²) in [6.45, 7) is 3.75. The molecule has 1 aliphatic heterocycles. The van der Waals surface area contributed by atoms with Crippen LogP contribution in [-0.2, 0) is 13.1 Å². The summed E-state index contributed by atoms with van der Waals surface area (Å²) in [6.07, 6.45) is 4.78. The maximum absolute atomic E-state index is 4.88. The van der Waals surface area contributed by atoms with Gasteiger partial charge < -0.3 is 4.90 Å². The van der Waals surface area contributed by atoms with Crippen molar-refractivity contribution in [2.75, 3.05) is 27.2 Å². The van der Waals surface area contributed by atoms with Crippen molar-refractivity contribution in [1.29, 1.82) is 0 Å². The van der Waals surface area contributed by atoms with Crippen molar-refractivity contribution in [2.45, 2.75) is 25.6 Å². The minimum atomic E-state index is 0.621. The van der Waals surface area contributed by atoms with E-state index in [4.69, 9.17) is 10.1 Å². The van der Waals surface area contributed by atoms with E-state index in [0.29, 0.717) is 6.04 Å². The molecular weight excluding hydrogens is 336 g/mol. The summed E-state index contributed by atoms with van der Waals surface area (Å²) in [5, 5.41) is 4.81. The molecular formula is C21H26N6. The molecule has 1 unspecified atom stereocenters. The Labute approximate surface area is 160 Å². The average Bonchev–Trinajstić information content (AvgIpc) is 3.31. The van der Waals surface area contributed by atoms with Crippen LogP contribution in [0.1, 0.15) is 17.8 Å². The van der Waals surface area contributed by atoms with Gasteiger partial charge in [-0.1, -0.05) is 30.3 Å². The fraction of sp³-hybridized carbons (Fsp3) is 0.381. The highest BCUT2D eigenvalue weighted by atomic mass is 15.4. The Kier molecular flexibility index (Phi) is 5.27. The number of aromatic nitrogens is 4. The van der Waals surface area contributed by atoms with E-state index in [0.717, 1.165) is 43.4 Å². The van der Waals surface area contributed by atoms with Crippen LogP contribution in [0.5, 0.6) is 0 Å². The molecule has 0 saturated carbocycles. The quantitative estimate of drug-likeness (QED) is 0.674. The molecule has 27 heavy (non-hydrogen) atoms. The Morgan fingerprint density at radius 2 is 1.81 bits per heavy atom. The van der Waals surface area contributed by atoms with Gasteiger partial charge in [-0.2, -0.15) is 5.10 Å². The smallest absolute Gasteiger partial charge is 0.181 e. The van der Waals surface area contributed by atoms with Gasteiger partial charge in [0.05, 0.1) is 13.1 Å². The lowest BCUT2D eigenvalue weighted by molar-refractivity contribution is 0.258. The summed E-state index contributed by atoms with van der Waals surface area (Å²) in [5.74, 6) is 1.79. The number of pyridine rings is 1. The van der Waals surface area contributed by atoms with E-state index < -0.39 is 0 Å². The van der Waals surface area contributed by atoms with Crippen molar-refractivity contribution in [3.05, 3.63) is 66.2 Å². The van der Waals surface area contributed by atoms with Crippen LogP contribution in [0.2, 0.25) is 0 Å². The van der Waals surface area contributed by atoms with Gasteiger partial charge in [-0.3, -0.25) is 9.88 Å². The Hall–Kier alpha value is -2.57. The molecule has 0 N–H and O–H groups in total. The first-order valence-corrected chi connectivity index (χ1v) is 9.46. The molecule has 0 radical (unpaired) electrons. The third-order valence-electron chi connectivity index (χ3n) is 5.20. The van der Waals surface area contributed by atoms with Gasteiger partial charge in [0.15, 0.2) is 5.82 Å². The zero-order valence-electron chi connectivity index (χ0n) is 16.0. The van der Waals surface area contributed by atoms with E-state index in [2.05, 4.69) is 53.1 Å². The van der Waals surface area contributed by atoms with E-state index >= 15 is 0 Å². The van der Waals surface area contributed by atoms with Gasteiger partial charge in [0, 0.05) is 37.1 Å². The highest BCUT2D eigenvalue weighted by Gasteiger charge is 2.25. The van der Waals surface area contributed by atoms with Gasteiger partial charge in [-0.05, 0) is 38.2 Å². The zero-order valence-corrected chi connectivity index (χ0v) is 16.0. The predicted molar refractivity (Wildman–Crippen MR) is 106 cm³/mol. The van der Waals surface area contributed by atoms with Crippen LogP contribution >= 0.6 is 0 Å².